The van der Waals surface area contributed by atoms with Gasteiger partial charge < -0.3 is 60.6 Å². The molecule has 0 aromatic heterocycles. The molecule has 1 saturated heterocycles. The van der Waals surface area contributed by atoms with Crippen LogP contribution in [0.25, 0.3) is 0 Å². The van der Waals surface area contributed by atoms with Crippen LogP contribution in [-0.2, 0) is 9.47 Å². The quantitative estimate of drug-likeness (QED) is 0.0675. The molecule has 1 heterocycles. The van der Waals surface area contributed by atoms with Crippen LogP contribution in [0.15, 0.2) is 0 Å². The predicted octanol–water partition coefficient (Wildman–Crippen LogP) is 2.50. The number of halogens is 2. The van der Waals surface area contributed by atoms with E-state index in [1.165, 1.54) is 170 Å². The molecule has 0 radical (unpaired) electrons. The Labute approximate surface area is 293 Å². The minimum absolute atomic E-state index is 0. The summed E-state index contributed by atoms with van der Waals surface area (Å²) in [5, 5.41) is 0. The summed E-state index contributed by atoms with van der Waals surface area (Å²) in [4.78, 5) is 0. The van der Waals surface area contributed by atoms with E-state index in [1.54, 1.807) is 0 Å². The fraction of sp³-hybridized carbons (Fsp3) is 1.00. The second kappa shape index (κ2) is 32.7. The summed E-state index contributed by atoms with van der Waals surface area (Å²) in [5.41, 5.74) is 5.93. The molecule has 1 fully saturated rings. The molecule has 0 unspecified atom stereocenters. The lowest BCUT2D eigenvalue weighted by Gasteiger charge is -2.48. The number of likely N-dealkylation sites (N-methyl/N-ethyl adjacent to an activating group) is 1. The fourth-order valence-corrected chi connectivity index (χ4v) is 6.47. The Kier molecular flexibility index (Phi) is 35.0. The number of rotatable bonds is 31. The average Bonchev–Trinajstić information content (AvgIpc) is 2.98. The maximum atomic E-state index is 6.15. The molecule has 0 aliphatic carbocycles. The van der Waals surface area contributed by atoms with Crippen molar-refractivity contribution in [3.63, 3.8) is 0 Å². The Morgan fingerprint density at radius 2 is 0.837 bits per heavy atom. The lowest BCUT2D eigenvalue weighted by molar-refractivity contribution is -1.02. The van der Waals surface area contributed by atoms with Crippen LogP contribution in [0.2, 0.25) is 0 Å². The fourth-order valence-electron chi connectivity index (χ4n) is 6.47. The SMILES string of the molecule is CCCCCCCCCCCCOCC[N+]1(C)CC[N+](CCCN)(CCOCCCCCCCCCCCC)CC1.[Cl-].[I-]. The molecule has 0 bridgehead atoms. The first kappa shape index (κ1) is 45.9. The van der Waals surface area contributed by atoms with Crippen LogP contribution in [0.1, 0.15) is 149 Å². The molecular formula is C36H77ClIN3O2. The molecule has 1 aliphatic heterocycles. The molecule has 7 heteroatoms. The van der Waals surface area contributed by atoms with Gasteiger partial charge in [0.15, 0.2) is 0 Å². The van der Waals surface area contributed by atoms with Crippen molar-refractivity contribution < 1.29 is 54.8 Å². The van der Waals surface area contributed by atoms with Crippen LogP contribution in [0.4, 0.5) is 0 Å². The number of unbranched alkanes of at least 4 members (excludes halogenated alkanes) is 18. The monoisotopic (exact) mass is 745 g/mol. The normalized spacial score (nSPS) is 20.1. The Morgan fingerprint density at radius 3 is 1.23 bits per heavy atom. The van der Waals surface area contributed by atoms with Crippen molar-refractivity contribution >= 4 is 0 Å². The van der Waals surface area contributed by atoms with E-state index in [0.717, 1.165) is 52.5 Å². The van der Waals surface area contributed by atoms with Crippen molar-refractivity contribution in [1.82, 2.24) is 0 Å². The molecule has 2 N–H and O–H groups in total. The van der Waals surface area contributed by atoms with Crippen LogP contribution >= 0.6 is 0 Å². The van der Waals surface area contributed by atoms with Gasteiger partial charge in [-0.1, -0.05) is 129 Å². The van der Waals surface area contributed by atoms with Crippen LogP contribution in [0, 0.1) is 0 Å². The van der Waals surface area contributed by atoms with Crippen molar-refractivity contribution in [2.75, 3.05) is 85.8 Å². The van der Waals surface area contributed by atoms with Gasteiger partial charge in [-0.3, -0.25) is 0 Å². The summed E-state index contributed by atoms with van der Waals surface area (Å²) >= 11 is 0. The van der Waals surface area contributed by atoms with Gasteiger partial charge in [-0.2, -0.15) is 0 Å². The maximum absolute atomic E-state index is 6.15. The van der Waals surface area contributed by atoms with Gasteiger partial charge in [0.1, 0.15) is 39.3 Å². The van der Waals surface area contributed by atoms with Gasteiger partial charge in [0, 0.05) is 19.6 Å². The number of nitrogens with zero attached hydrogens (tertiary/aromatic N) is 2. The molecule has 0 atom stereocenters. The summed E-state index contributed by atoms with van der Waals surface area (Å²) in [6.45, 7) is 17.7. The van der Waals surface area contributed by atoms with E-state index in [2.05, 4.69) is 20.9 Å². The van der Waals surface area contributed by atoms with Crippen molar-refractivity contribution in [3.05, 3.63) is 0 Å². The third-order valence-electron chi connectivity index (χ3n) is 9.83. The number of hydrogen-bond donors (Lipinski definition) is 1. The molecule has 1 rings (SSSR count). The minimum atomic E-state index is 0. The molecule has 1 aliphatic rings. The van der Waals surface area contributed by atoms with Crippen LogP contribution in [0.3, 0.4) is 0 Å². The zero-order valence-electron chi connectivity index (χ0n) is 29.4. The summed E-state index contributed by atoms with van der Waals surface area (Å²) < 4.78 is 14.6. The zero-order valence-corrected chi connectivity index (χ0v) is 32.3. The van der Waals surface area contributed by atoms with Gasteiger partial charge in [-0.05, 0) is 19.4 Å². The van der Waals surface area contributed by atoms with Crippen molar-refractivity contribution in [2.24, 2.45) is 5.73 Å². The molecule has 0 aromatic carbocycles. The first-order valence-electron chi connectivity index (χ1n) is 18.6. The van der Waals surface area contributed by atoms with Crippen LogP contribution < -0.4 is 42.1 Å². The minimum Gasteiger partial charge on any atom is -1.00 e. The summed E-state index contributed by atoms with van der Waals surface area (Å²) in [5.74, 6) is 0. The highest BCUT2D eigenvalue weighted by Gasteiger charge is 2.39. The van der Waals surface area contributed by atoms with Gasteiger partial charge in [0.25, 0.3) is 0 Å². The van der Waals surface area contributed by atoms with Crippen molar-refractivity contribution in [3.8, 4) is 0 Å². The molecule has 5 nitrogen and oxygen atoms in total. The van der Waals surface area contributed by atoms with Gasteiger partial charge in [-0.25, -0.2) is 0 Å². The van der Waals surface area contributed by atoms with Gasteiger partial charge in [0.05, 0.1) is 26.8 Å². The van der Waals surface area contributed by atoms with E-state index in [9.17, 15) is 0 Å². The second-order valence-corrected chi connectivity index (χ2v) is 13.8. The molecular weight excluding hydrogens is 669 g/mol. The first-order valence-corrected chi connectivity index (χ1v) is 18.6. The van der Waals surface area contributed by atoms with Gasteiger partial charge in [0.2, 0.25) is 0 Å². The van der Waals surface area contributed by atoms with Gasteiger partial charge in [-0.15, -0.1) is 0 Å². The Bertz CT molecular complexity index is 551. The Morgan fingerprint density at radius 1 is 0.465 bits per heavy atom. The number of nitrogens with two attached hydrogens (primary N) is 1. The zero-order chi connectivity index (χ0) is 29.7. The molecule has 262 valence electrons. The van der Waals surface area contributed by atoms with E-state index in [1.807, 2.05) is 0 Å². The maximum Gasteiger partial charge on any atom is 0.129 e. The lowest BCUT2D eigenvalue weighted by atomic mass is 10.1. The lowest BCUT2D eigenvalue weighted by Crippen LogP contribution is -3.00. The largest absolute Gasteiger partial charge is 1.00 e. The highest BCUT2D eigenvalue weighted by molar-refractivity contribution is 4.56. The van der Waals surface area contributed by atoms with Gasteiger partial charge >= 0.3 is 0 Å². The predicted molar refractivity (Wildman–Crippen MR) is 180 cm³/mol. The number of ether oxygens (including phenoxy) is 2. The van der Waals surface area contributed by atoms with Crippen LogP contribution in [0.5, 0.6) is 0 Å². The standard InChI is InChI=1S/C36H77N3O2.ClH.HI/c1-4-6-8-10-12-14-16-18-20-22-33-40-35-31-38(3)27-29-39(30-28-38,26-24-25-37)32-36-41-34-23-21-19-17-15-13-11-9-7-5-2;;/h4-37H2,1-3H3;2*1H/q+2;;/p-2. The van der Waals surface area contributed by atoms with Crippen molar-refractivity contribution in [2.45, 2.75) is 149 Å². The highest BCUT2D eigenvalue weighted by Crippen LogP contribution is 2.19. The number of hydrogen-bond acceptors (Lipinski definition) is 3. The Hall–Kier alpha value is 0.820. The second-order valence-electron chi connectivity index (χ2n) is 13.8. The van der Waals surface area contributed by atoms with Crippen LogP contribution in [-0.4, -0.2) is 94.8 Å². The Balaban J connectivity index is 0. The third kappa shape index (κ3) is 26.6. The summed E-state index contributed by atoms with van der Waals surface area (Å²) in [6.07, 6.45) is 28.8. The molecule has 0 saturated carbocycles. The molecule has 0 spiro atoms. The average molecular weight is 746 g/mol. The number of quaternary nitrogens is 2. The highest BCUT2D eigenvalue weighted by atomic mass is 127. The van der Waals surface area contributed by atoms with E-state index in [4.69, 9.17) is 15.2 Å². The molecule has 0 amide bonds. The smallest absolute Gasteiger partial charge is 0.129 e. The first-order chi connectivity index (χ1) is 20.1. The van der Waals surface area contributed by atoms with Crippen molar-refractivity contribution in [1.29, 1.82) is 0 Å². The summed E-state index contributed by atoms with van der Waals surface area (Å²) in [7, 11) is 2.45. The van der Waals surface area contributed by atoms with E-state index >= 15 is 0 Å². The van der Waals surface area contributed by atoms with E-state index in [0.29, 0.717) is 0 Å². The third-order valence-corrected chi connectivity index (χ3v) is 9.83. The number of piperazine rings is 1. The topological polar surface area (TPSA) is 44.5 Å². The summed E-state index contributed by atoms with van der Waals surface area (Å²) in [6, 6.07) is 0. The van der Waals surface area contributed by atoms with E-state index < -0.39 is 0 Å². The molecule has 0 aromatic rings. The van der Waals surface area contributed by atoms with E-state index in [-0.39, 0.29) is 36.4 Å². The molecule has 43 heavy (non-hydrogen) atoms.